The smallest absolute Gasteiger partial charge is 0.261 e. The van der Waals surface area contributed by atoms with Gasteiger partial charge in [-0.1, -0.05) is 15.9 Å². The van der Waals surface area contributed by atoms with Crippen molar-refractivity contribution >= 4 is 37.7 Å². The zero-order valence-electron chi connectivity index (χ0n) is 11.7. The van der Waals surface area contributed by atoms with Crippen molar-refractivity contribution in [3.05, 3.63) is 40.8 Å². The summed E-state index contributed by atoms with van der Waals surface area (Å²) in [6, 6.07) is 5.60. The second-order valence-electron chi connectivity index (χ2n) is 4.64. The molecular weight excluding hydrogens is 390 g/mol. The molecule has 22 heavy (non-hydrogen) atoms. The van der Waals surface area contributed by atoms with Gasteiger partial charge in [-0.25, -0.2) is 13.4 Å². The van der Waals surface area contributed by atoms with Crippen molar-refractivity contribution in [3.8, 4) is 5.75 Å². The number of nitrogens with zero attached hydrogens (tertiary/aromatic N) is 2. The van der Waals surface area contributed by atoms with E-state index in [1.165, 1.54) is 16.8 Å². The van der Waals surface area contributed by atoms with Crippen LogP contribution in [0.2, 0.25) is 0 Å². The van der Waals surface area contributed by atoms with Gasteiger partial charge in [0.1, 0.15) is 5.75 Å². The molecule has 1 N–H and O–H groups in total. The molecule has 1 aliphatic heterocycles. The highest BCUT2D eigenvalue weighted by atomic mass is 79.9. The molecule has 1 saturated heterocycles. The van der Waals surface area contributed by atoms with Crippen LogP contribution in [0, 0.1) is 0 Å². The lowest BCUT2D eigenvalue weighted by Gasteiger charge is -2.24. The Balaban J connectivity index is 2.03. The van der Waals surface area contributed by atoms with Crippen molar-refractivity contribution in [2.75, 3.05) is 19.4 Å². The zero-order valence-corrected chi connectivity index (χ0v) is 14.9. The summed E-state index contributed by atoms with van der Waals surface area (Å²) in [7, 11) is -2.02. The minimum atomic E-state index is -3.61. The van der Waals surface area contributed by atoms with E-state index in [1.54, 1.807) is 18.9 Å². The van der Waals surface area contributed by atoms with E-state index >= 15 is 0 Å². The molecule has 9 heteroatoms. The molecule has 3 rings (SSSR count). The number of sulfonamides is 1. The van der Waals surface area contributed by atoms with E-state index in [2.05, 4.69) is 25.9 Å². The Kier molecular flexibility index (Phi) is 4.49. The van der Waals surface area contributed by atoms with Gasteiger partial charge in [-0.15, -0.1) is 11.8 Å². The molecule has 1 aromatic carbocycles. The predicted octanol–water partition coefficient (Wildman–Crippen LogP) is 2.62. The molecule has 0 radical (unpaired) electrons. The molecule has 0 spiro atoms. The van der Waals surface area contributed by atoms with Crippen LogP contribution in [0.3, 0.4) is 0 Å². The standard InChI is InChI=1S/C13H14BrN3O3S2/c1-20-11-3-2-9(14)6-10(11)13-17(4-5-21-13)22(18,19)12-7-15-8-16-12/h2-3,6-8,13H,4-5H2,1H3,(H,15,16). The number of rotatable bonds is 4. The highest BCUT2D eigenvalue weighted by molar-refractivity contribution is 9.10. The normalized spacial score (nSPS) is 19.5. The molecule has 1 aliphatic rings. The molecule has 1 fully saturated rings. The Hall–Kier alpha value is -1.03. The molecule has 0 amide bonds. The summed E-state index contributed by atoms with van der Waals surface area (Å²) in [4.78, 5) is 6.48. The monoisotopic (exact) mass is 403 g/mol. The van der Waals surface area contributed by atoms with E-state index in [0.717, 1.165) is 15.8 Å². The van der Waals surface area contributed by atoms with Gasteiger partial charge < -0.3 is 9.72 Å². The third-order valence-corrected chi connectivity index (χ3v) is 7.03. The van der Waals surface area contributed by atoms with Crippen molar-refractivity contribution in [2.45, 2.75) is 10.4 Å². The highest BCUT2D eigenvalue weighted by Crippen LogP contribution is 2.45. The third-order valence-electron chi connectivity index (χ3n) is 3.37. The van der Waals surface area contributed by atoms with Gasteiger partial charge in [0, 0.05) is 22.3 Å². The number of aromatic nitrogens is 2. The molecular formula is C13H14BrN3O3S2. The lowest BCUT2D eigenvalue weighted by molar-refractivity contribution is 0.389. The summed E-state index contributed by atoms with van der Waals surface area (Å²) in [6.07, 6.45) is 2.69. The van der Waals surface area contributed by atoms with Gasteiger partial charge in [0.2, 0.25) is 0 Å². The first-order valence-corrected chi connectivity index (χ1v) is 9.77. The van der Waals surface area contributed by atoms with E-state index in [-0.39, 0.29) is 10.4 Å². The fourth-order valence-corrected chi connectivity index (χ4v) is 5.88. The average molecular weight is 404 g/mol. The maximum atomic E-state index is 12.8. The summed E-state index contributed by atoms with van der Waals surface area (Å²) in [6.45, 7) is 0.451. The minimum absolute atomic E-state index is 0.106. The van der Waals surface area contributed by atoms with Crippen LogP contribution in [0.4, 0.5) is 0 Å². The van der Waals surface area contributed by atoms with Crippen molar-refractivity contribution < 1.29 is 13.2 Å². The number of aromatic amines is 1. The van der Waals surface area contributed by atoms with Crippen molar-refractivity contribution in [1.82, 2.24) is 14.3 Å². The van der Waals surface area contributed by atoms with Gasteiger partial charge in [-0.3, -0.25) is 0 Å². The molecule has 6 nitrogen and oxygen atoms in total. The number of H-pyrrole nitrogens is 1. The maximum absolute atomic E-state index is 12.8. The number of methoxy groups -OCH3 is 1. The first-order valence-electron chi connectivity index (χ1n) is 6.49. The summed E-state index contributed by atoms with van der Waals surface area (Å²) >= 11 is 5.01. The van der Waals surface area contributed by atoms with Crippen LogP contribution in [-0.2, 0) is 10.0 Å². The quantitative estimate of drug-likeness (QED) is 0.848. The number of halogens is 1. The van der Waals surface area contributed by atoms with Gasteiger partial charge in [0.25, 0.3) is 10.0 Å². The van der Waals surface area contributed by atoms with Crippen LogP contribution >= 0.6 is 27.7 Å². The number of hydrogen-bond donors (Lipinski definition) is 1. The number of imidazole rings is 1. The number of nitrogens with one attached hydrogen (secondary N) is 1. The number of hydrogen-bond acceptors (Lipinski definition) is 5. The molecule has 2 heterocycles. The van der Waals surface area contributed by atoms with E-state index in [1.807, 2.05) is 18.2 Å². The van der Waals surface area contributed by atoms with Crippen LogP contribution in [0.1, 0.15) is 10.9 Å². The summed E-state index contributed by atoms with van der Waals surface area (Å²) < 4.78 is 33.3. The molecule has 0 saturated carbocycles. The van der Waals surface area contributed by atoms with Gasteiger partial charge >= 0.3 is 0 Å². The fourth-order valence-electron chi connectivity index (χ4n) is 2.35. The van der Waals surface area contributed by atoms with E-state index in [4.69, 9.17) is 4.74 Å². The minimum Gasteiger partial charge on any atom is -0.496 e. The van der Waals surface area contributed by atoms with Gasteiger partial charge in [-0.05, 0) is 18.2 Å². The second kappa shape index (κ2) is 6.23. The number of ether oxygens (including phenoxy) is 1. The summed E-state index contributed by atoms with van der Waals surface area (Å²) in [5, 5.41) is -0.213. The van der Waals surface area contributed by atoms with Crippen molar-refractivity contribution in [2.24, 2.45) is 0 Å². The van der Waals surface area contributed by atoms with E-state index < -0.39 is 10.0 Å². The van der Waals surface area contributed by atoms with E-state index in [9.17, 15) is 8.42 Å². The first-order chi connectivity index (χ1) is 10.5. The number of thioether (sulfide) groups is 1. The molecule has 0 bridgehead atoms. The Bertz CT molecular complexity index is 765. The number of benzene rings is 1. The SMILES string of the molecule is COc1ccc(Br)cc1C1SCCN1S(=O)(=O)c1cnc[nH]1. The average Bonchev–Trinajstić information content (AvgIpc) is 3.19. The van der Waals surface area contributed by atoms with E-state index in [0.29, 0.717) is 12.3 Å². The Morgan fingerprint density at radius 1 is 1.50 bits per heavy atom. The summed E-state index contributed by atoms with van der Waals surface area (Å²) in [5.41, 5.74) is 0.836. The van der Waals surface area contributed by atoms with Gasteiger partial charge in [-0.2, -0.15) is 4.31 Å². The van der Waals surface area contributed by atoms with Gasteiger partial charge in [0.05, 0.1) is 25.0 Å². The lowest BCUT2D eigenvalue weighted by Crippen LogP contribution is -2.31. The Morgan fingerprint density at radius 3 is 3.00 bits per heavy atom. The fraction of sp³-hybridized carbons (Fsp3) is 0.308. The van der Waals surface area contributed by atoms with Crippen LogP contribution in [0.25, 0.3) is 0 Å². The molecule has 1 atom stereocenters. The molecule has 1 aromatic heterocycles. The Morgan fingerprint density at radius 2 is 2.32 bits per heavy atom. The largest absolute Gasteiger partial charge is 0.496 e. The molecule has 0 aliphatic carbocycles. The Labute approximate surface area is 141 Å². The van der Waals surface area contributed by atoms with Crippen LogP contribution in [0.5, 0.6) is 5.75 Å². The third kappa shape index (κ3) is 2.78. The molecule has 118 valence electrons. The zero-order chi connectivity index (χ0) is 15.7. The maximum Gasteiger partial charge on any atom is 0.261 e. The highest BCUT2D eigenvalue weighted by Gasteiger charge is 2.38. The van der Waals surface area contributed by atoms with Crippen molar-refractivity contribution in [1.29, 1.82) is 0 Å². The topological polar surface area (TPSA) is 75.3 Å². The summed E-state index contributed by atoms with van der Waals surface area (Å²) in [5.74, 6) is 1.40. The predicted molar refractivity (Wildman–Crippen MR) is 88.4 cm³/mol. The van der Waals surface area contributed by atoms with Crippen molar-refractivity contribution in [3.63, 3.8) is 0 Å². The second-order valence-corrected chi connectivity index (χ2v) is 8.60. The first kappa shape index (κ1) is 15.9. The van der Waals surface area contributed by atoms with Gasteiger partial charge in [0.15, 0.2) is 5.03 Å². The van der Waals surface area contributed by atoms with Crippen LogP contribution < -0.4 is 4.74 Å². The van der Waals surface area contributed by atoms with Crippen LogP contribution in [0.15, 0.2) is 40.2 Å². The van der Waals surface area contributed by atoms with Crippen LogP contribution in [-0.4, -0.2) is 42.1 Å². The molecule has 1 unspecified atom stereocenters. The molecule has 2 aromatic rings. The lowest BCUT2D eigenvalue weighted by atomic mass is 10.2.